The van der Waals surface area contributed by atoms with Crippen molar-refractivity contribution in [3.8, 4) is 0 Å². The van der Waals surface area contributed by atoms with E-state index in [4.69, 9.17) is 6.57 Å². The Kier molecular flexibility index (Phi) is 3.82. The van der Waals surface area contributed by atoms with Crippen LogP contribution in [0.5, 0.6) is 0 Å². The quantitative estimate of drug-likeness (QED) is 0.0841. The molecule has 0 aliphatic heterocycles. The SMILES string of the molecule is [C-]#[N+]c1cccc2c3cc(C)c(C)c4c3n(c3c[c]([Ge]([CH3])([CH3])[CH3])cc5cc[n+](C)c4c53)c12. The number of nitrogens with zero attached hydrogens (tertiary/aromatic N) is 3. The molecular weight excluding hydrogens is 451 g/mol. The third kappa shape index (κ3) is 2.34. The Morgan fingerprint density at radius 1 is 0.938 bits per heavy atom. The summed E-state index contributed by atoms with van der Waals surface area (Å²) in [7, 11) is 2.16. The molecule has 3 heterocycles. The zero-order valence-electron chi connectivity index (χ0n) is 19.5. The summed E-state index contributed by atoms with van der Waals surface area (Å²) in [6.07, 6.45) is 2.21. The Balaban J connectivity index is 2.11. The van der Waals surface area contributed by atoms with Gasteiger partial charge >= 0.3 is 191 Å². The molecule has 156 valence electrons. The number of para-hydroxylation sites is 1. The fourth-order valence-corrected chi connectivity index (χ4v) is 7.88. The van der Waals surface area contributed by atoms with Crippen molar-refractivity contribution >= 4 is 72.3 Å². The van der Waals surface area contributed by atoms with Crippen LogP contribution in [0, 0.1) is 20.4 Å². The van der Waals surface area contributed by atoms with Crippen molar-refractivity contribution in [1.82, 2.24) is 4.40 Å². The Bertz CT molecular complexity index is 1790. The Hall–Kier alpha value is -3.10. The van der Waals surface area contributed by atoms with Crippen molar-refractivity contribution in [1.29, 1.82) is 0 Å². The van der Waals surface area contributed by atoms with Crippen LogP contribution in [-0.2, 0) is 7.05 Å². The maximum absolute atomic E-state index is 7.91. The van der Waals surface area contributed by atoms with E-state index in [-0.39, 0.29) is 0 Å². The summed E-state index contributed by atoms with van der Waals surface area (Å²) in [6.45, 7) is 12.4. The number of aryl methyl sites for hydroxylation is 3. The van der Waals surface area contributed by atoms with Gasteiger partial charge in [-0.2, -0.15) is 0 Å². The average Bonchev–Trinajstić information content (AvgIpc) is 3.09. The molecule has 3 aromatic carbocycles. The van der Waals surface area contributed by atoms with Gasteiger partial charge in [-0.15, -0.1) is 0 Å². The number of fused-ring (bicyclic) bond motifs is 5. The molecule has 0 fully saturated rings. The molecule has 0 saturated heterocycles. The Morgan fingerprint density at radius 3 is 2.44 bits per heavy atom. The molecular formula is C28H26GeN3+. The van der Waals surface area contributed by atoms with Gasteiger partial charge in [-0.05, 0) is 0 Å². The van der Waals surface area contributed by atoms with E-state index >= 15 is 0 Å². The zero-order valence-corrected chi connectivity index (χ0v) is 21.6. The summed E-state index contributed by atoms with van der Waals surface area (Å²) in [6, 6.07) is 15.6. The fraction of sp³-hybridized carbons (Fsp3) is 0.214. The molecule has 0 amide bonds. The van der Waals surface area contributed by atoms with Crippen LogP contribution >= 0.6 is 0 Å². The number of pyridine rings is 2. The molecule has 0 atom stereocenters. The van der Waals surface area contributed by atoms with Gasteiger partial charge < -0.3 is 0 Å². The van der Waals surface area contributed by atoms with Crippen molar-refractivity contribution in [3.05, 3.63) is 71.2 Å². The van der Waals surface area contributed by atoms with E-state index in [9.17, 15) is 0 Å². The summed E-state index contributed by atoms with van der Waals surface area (Å²) in [5, 5.41) is 6.31. The number of hydrogen-bond acceptors (Lipinski definition) is 0. The minimum absolute atomic E-state index is 0.722. The first-order valence-electron chi connectivity index (χ1n) is 11.1. The second kappa shape index (κ2) is 6.24. The van der Waals surface area contributed by atoms with Crippen molar-refractivity contribution < 1.29 is 4.57 Å². The van der Waals surface area contributed by atoms with Gasteiger partial charge in [0.1, 0.15) is 0 Å². The normalized spacial score (nSPS) is 12.7. The van der Waals surface area contributed by atoms with E-state index in [1.54, 1.807) is 0 Å². The minimum atomic E-state index is -2.10. The van der Waals surface area contributed by atoms with Crippen LogP contribution in [0.15, 0.2) is 48.7 Å². The van der Waals surface area contributed by atoms with Crippen LogP contribution in [0.2, 0.25) is 17.3 Å². The van der Waals surface area contributed by atoms with Gasteiger partial charge in [0.15, 0.2) is 0 Å². The van der Waals surface area contributed by atoms with Crippen molar-refractivity contribution in [2.45, 2.75) is 31.1 Å². The van der Waals surface area contributed by atoms with Gasteiger partial charge in [0.2, 0.25) is 0 Å². The van der Waals surface area contributed by atoms with Crippen LogP contribution < -0.4 is 8.96 Å². The van der Waals surface area contributed by atoms with Gasteiger partial charge in [0.05, 0.1) is 0 Å². The molecule has 0 aliphatic carbocycles. The number of rotatable bonds is 1. The van der Waals surface area contributed by atoms with E-state index in [2.05, 4.69) is 88.5 Å². The summed E-state index contributed by atoms with van der Waals surface area (Å²) in [4.78, 5) is 3.95. The van der Waals surface area contributed by atoms with Gasteiger partial charge in [-0.3, -0.25) is 0 Å². The van der Waals surface area contributed by atoms with Crippen molar-refractivity contribution in [2.75, 3.05) is 0 Å². The summed E-state index contributed by atoms with van der Waals surface area (Å²) >= 11 is -2.10. The van der Waals surface area contributed by atoms with E-state index in [0.717, 1.165) is 11.2 Å². The van der Waals surface area contributed by atoms with Crippen molar-refractivity contribution in [2.24, 2.45) is 7.05 Å². The van der Waals surface area contributed by atoms with E-state index in [1.165, 1.54) is 59.0 Å². The molecule has 0 radical (unpaired) electrons. The molecule has 0 N–H and O–H groups in total. The number of benzene rings is 3. The summed E-state index contributed by atoms with van der Waals surface area (Å²) in [5.41, 5.74) is 8.14. The third-order valence-corrected chi connectivity index (χ3v) is 11.5. The second-order valence-electron chi connectivity index (χ2n) is 10.2. The molecule has 0 saturated carbocycles. The molecule has 0 spiro atoms. The zero-order chi connectivity index (χ0) is 22.5. The molecule has 32 heavy (non-hydrogen) atoms. The first-order valence-corrected chi connectivity index (χ1v) is 18.5. The third-order valence-electron chi connectivity index (χ3n) is 7.25. The van der Waals surface area contributed by atoms with Gasteiger partial charge in [0, 0.05) is 0 Å². The summed E-state index contributed by atoms with van der Waals surface area (Å²) in [5.74, 6) is 7.36. The van der Waals surface area contributed by atoms with E-state index < -0.39 is 13.3 Å². The first-order chi connectivity index (χ1) is 15.2. The van der Waals surface area contributed by atoms with Crippen LogP contribution in [0.4, 0.5) is 5.69 Å². The predicted octanol–water partition coefficient (Wildman–Crippen LogP) is 6.53. The van der Waals surface area contributed by atoms with E-state index in [0.29, 0.717) is 0 Å². The summed E-state index contributed by atoms with van der Waals surface area (Å²) < 4.78 is 6.18. The number of aromatic nitrogens is 2. The first kappa shape index (κ1) is 19.6. The molecule has 4 heteroatoms. The molecule has 0 bridgehead atoms. The van der Waals surface area contributed by atoms with Gasteiger partial charge in [0.25, 0.3) is 0 Å². The molecule has 3 aromatic heterocycles. The van der Waals surface area contributed by atoms with Crippen molar-refractivity contribution in [3.63, 3.8) is 0 Å². The average molecular weight is 477 g/mol. The van der Waals surface area contributed by atoms with Gasteiger partial charge in [-0.25, -0.2) is 0 Å². The topological polar surface area (TPSA) is 12.6 Å². The number of hydrogen-bond donors (Lipinski definition) is 0. The standard InChI is InChI=1S/C28H26GeN3/c1-16-13-21-20-9-8-10-22(30-6)26(20)32-23-15-19(29(3,4)5)14-18-11-12-31(7)28(25(18)23)24(17(16)2)27(21)32/h8-15H,1-5,7H3/q+1. The molecule has 0 unspecified atom stereocenters. The Morgan fingerprint density at radius 2 is 1.72 bits per heavy atom. The monoisotopic (exact) mass is 478 g/mol. The van der Waals surface area contributed by atoms with Crippen LogP contribution in [0.25, 0.3) is 53.8 Å². The van der Waals surface area contributed by atoms with E-state index in [1.807, 2.05) is 12.1 Å². The molecule has 6 rings (SSSR count). The molecule has 6 aromatic rings. The fourth-order valence-electron chi connectivity index (χ4n) is 5.45. The van der Waals surface area contributed by atoms with Crippen LogP contribution in [0.3, 0.4) is 0 Å². The molecule has 3 nitrogen and oxygen atoms in total. The maximum atomic E-state index is 7.91. The second-order valence-corrected chi connectivity index (χ2v) is 20.8. The predicted molar refractivity (Wildman–Crippen MR) is 138 cm³/mol. The Labute approximate surface area is 190 Å². The van der Waals surface area contributed by atoms with Crippen LogP contribution in [-0.4, -0.2) is 17.7 Å². The molecule has 0 aliphatic rings. The van der Waals surface area contributed by atoms with Gasteiger partial charge in [-0.1, -0.05) is 0 Å². The van der Waals surface area contributed by atoms with Crippen LogP contribution in [0.1, 0.15) is 11.1 Å².